The molecule has 3 heterocycles. The second-order valence-corrected chi connectivity index (χ2v) is 11.7. The molecule has 0 unspecified atom stereocenters. The van der Waals surface area contributed by atoms with Crippen LogP contribution in [0.4, 0.5) is 5.69 Å². The van der Waals surface area contributed by atoms with Gasteiger partial charge >= 0.3 is 0 Å². The zero-order valence-electron chi connectivity index (χ0n) is 19.6. The lowest BCUT2D eigenvalue weighted by Gasteiger charge is -2.34. The van der Waals surface area contributed by atoms with Gasteiger partial charge in [-0.3, -0.25) is 14.6 Å². The molecule has 4 aliphatic rings. The fraction of sp³-hybridized carbons (Fsp3) is 0.560. The van der Waals surface area contributed by atoms with Gasteiger partial charge in [-0.25, -0.2) is 8.42 Å². The number of piperidine rings is 1. The molecule has 0 atom stereocenters. The van der Waals surface area contributed by atoms with E-state index in [0.717, 1.165) is 42.0 Å². The van der Waals surface area contributed by atoms with Crippen molar-refractivity contribution >= 4 is 39.4 Å². The minimum Gasteiger partial charge on any atom is -0.312 e. The van der Waals surface area contributed by atoms with Crippen molar-refractivity contribution in [2.75, 3.05) is 24.5 Å². The number of aryl methyl sites for hydroxylation is 1. The monoisotopic (exact) mass is 484 g/mol. The van der Waals surface area contributed by atoms with Crippen molar-refractivity contribution in [3.8, 4) is 0 Å². The minimum atomic E-state index is -3.62. The van der Waals surface area contributed by atoms with Crippen molar-refractivity contribution in [1.29, 1.82) is 0 Å². The number of sulfonamides is 1. The molecule has 1 spiro atoms. The van der Waals surface area contributed by atoms with Gasteiger partial charge in [0.15, 0.2) is 0 Å². The Morgan fingerprint density at radius 3 is 2.44 bits per heavy atom. The molecule has 34 heavy (non-hydrogen) atoms. The first-order chi connectivity index (χ1) is 16.3. The highest BCUT2D eigenvalue weighted by atomic mass is 32.2. The van der Waals surface area contributed by atoms with E-state index in [-0.39, 0.29) is 24.9 Å². The number of hydrogen-bond donors (Lipinski definition) is 1. The Balaban J connectivity index is 1.24. The first kappa shape index (κ1) is 23.2. The average molecular weight is 485 g/mol. The van der Waals surface area contributed by atoms with Gasteiger partial charge in [-0.2, -0.15) is 4.31 Å². The molecule has 3 fully saturated rings. The highest BCUT2D eigenvalue weighted by Gasteiger charge is 2.48. The smallest absolute Gasteiger partial charge is 0.253 e. The van der Waals surface area contributed by atoms with E-state index in [2.05, 4.69) is 5.32 Å². The highest BCUT2D eigenvalue weighted by molar-refractivity contribution is 7.92. The number of amidine groups is 1. The van der Waals surface area contributed by atoms with E-state index in [1.54, 1.807) is 11.0 Å². The summed E-state index contributed by atoms with van der Waals surface area (Å²) in [5, 5.41) is 4.26. The molecule has 1 aliphatic carbocycles. The second-order valence-electron chi connectivity index (χ2n) is 9.90. The number of nitrogens with zero attached hydrogens (tertiary/aromatic N) is 3. The van der Waals surface area contributed by atoms with Crippen LogP contribution in [0.25, 0.3) is 6.08 Å². The lowest BCUT2D eigenvalue weighted by atomic mass is 9.88. The Morgan fingerprint density at radius 1 is 1.09 bits per heavy atom. The van der Waals surface area contributed by atoms with Crippen LogP contribution in [0, 0.1) is 12.8 Å². The Morgan fingerprint density at radius 2 is 1.82 bits per heavy atom. The Hall–Kier alpha value is -2.52. The van der Waals surface area contributed by atoms with Gasteiger partial charge in [0.1, 0.15) is 11.4 Å². The van der Waals surface area contributed by atoms with E-state index in [9.17, 15) is 18.0 Å². The summed E-state index contributed by atoms with van der Waals surface area (Å²) in [5.41, 5.74) is 1.74. The minimum absolute atomic E-state index is 0.0722. The van der Waals surface area contributed by atoms with E-state index < -0.39 is 15.6 Å². The van der Waals surface area contributed by atoms with Crippen LogP contribution in [0.15, 0.2) is 28.6 Å². The van der Waals surface area contributed by atoms with Crippen LogP contribution >= 0.6 is 0 Å². The molecular formula is C25H32N4O4S. The molecule has 8 nitrogen and oxygen atoms in total. The fourth-order valence-corrected chi connectivity index (χ4v) is 6.59. The summed E-state index contributed by atoms with van der Waals surface area (Å²) in [6, 6.07) is 5.61. The number of benzene rings is 1. The molecule has 2 saturated heterocycles. The molecule has 2 amide bonds. The van der Waals surface area contributed by atoms with Gasteiger partial charge in [0.25, 0.3) is 5.91 Å². The Labute approximate surface area is 201 Å². The van der Waals surface area contributed by atoms with Gasteiger partial charge < -0.3 is 10.2 Å². The number of carbonyl (C=O) groups excluding carboxylic acids is 2. The molecule has 1 saturated carbocycles. The molecule has 3 aliphatic heterocycles. The SMILES string of the molecule is Cc1cc(N2CCC2=O)ccc1/C=C/S(=O)(=O)N1CCC2(CC1)N=C(C1CCCCC1)NC2=O. The van der Waals surface area contributed by atoms with Crippen LogP contribution in [0.2, 0.25) is 0 Å². The summed E-state index contributed by atoms with van der Waals surface area (Å²) in [4.78, 5) is 31.0. The third kappa shape index (κ3) is 4.31. The van der Waals surface area contributed by atoms with Gasteiger partial charge in [-0.1, -0.05) is 25.3 Å². The van der Waals surface area contributed by atoms with E-state index in [4.69, 9.17) is 4.99 Å². The summed E-state index contributed by atoms with van der Waals surface area (Å²) in [5.74, 6) is 1.19. The van der Waals surface area contributed by atoms with Gasteiger partial charge in [0, 0.05) is 43.1 Å². The van der Waals surface area contributed by atoms with Crippen molar-refractivity contribution in [3.63, 3.8) is 0 Å². The first-order valence-corrected chi connectivity index (χ1v) is 13.8. The van der Waals surface area contributed by atoms with Crippen molar-refractivity contribution in [2.45, 2.75) is 63.8 Å². The van der Waals surface area contributed by atoms with E-state index in [1.165, 1.54) is 29.0 Å². The summed E-state index contributed by atoms with van der Waals surface area (Å²) in [6.45, 7) is 3.18. The van der Waals surface area contributed by atoms with Gasteiger partial charge in [-0.15, -0.1) is 0 Å². The van der Waals surface area contributed by atoms with Crippen molar-refractivity contribution in [2.24, 2.45) is 10.9 Å². The Kier molecular flexibility index (Phi) is 6.10. The lowest BCUT2D eigenvalue weighted by Crippen LogP contribution is -2.50. The molecule has 9 heteroatoms. The average Bonchev–Trinajstić information content (AvgIpc) is 3.14. The lowest BCUT2D eigenvalue weighted by molar-refractivity contribution is -0.125. The predicted octanol–water partition coefficient (Wildman–Crippen LogP) is 2.98. The number of anilines is 1. The van der Waals surface area contributed by atoms with Crippen molar-refractivity contribution < 1.29 is 18.0 Å². The summed E-state index contributed by atoms with van der Waals surface area (Å²) in [7, 11) is -3.62. The van der Waals surface area contributed by atoms with E-state index in [0.29, 0.717) is 25.2 Å². The number of nitrogens with one attached hydrogen (secondary N) is 1. The molecular weight excluding hydrogens is 452 g/mol. The molecule has 5 rings (SSSR count). The highest BCUT2D eigenvalue weighted by Crippen LogP contribution is 2.35. The zero-order valence-corrected chi connectivity index (χ0v) is 20.4. The Bertz CT molecular complexity index is 1160. The maximum Gasteiger partial charge on any atom is 0.253 e. The van der Waals surface area contributed by atoms with Crippen LogP contribution in [0.5, 0.6) is 0 Å². The molecule has 182 valence electrons. The van der Waals surface area contributed by atoms with Crippen LogP contribution < -0.4 is 10.2 Å². The molecule has 1 N–H and O–H groups in total. The number of amides is 2. The van der Waals surface area contributed by atoms with Gasteiger partial charge in [-0.05, 0) is 61.9 Å². The maximum atomic E-state index is 13.0. The van der Waals surface area contributed by atoms with Gasteiger partial charge in [0.05, 0.1) is 0 Å². The zero-order chi connectivity index (χ0) is 23.9. The largest absolute Gasteiger partial charge is 0.312 e. The number of β-lactam (4-membered cyclic amide) rings is 1. The van der Waals surface area contributed by atoms with Crippen LogP contribution in [-0.2, 0) is 19.6 Å². The standard InChI is InChI=1S/C25H32N4O4S/c1-18-17-21(29-13-9-22(29)30)8-7-19(18)10-16-34(32,33)28-14-11-25(12-15-28)24(31)26-23(27-25)20-5-3-2-4-6-20/h7-8,10,16-17,20H,2-6,9,11-15H2,1H3,(H,26,27,31)/b16-10+. The van der Waals surface area contributed by atoms with Crippen LogP contribution in [0.3, 0.4) is 0 Å². The topological polar surface area (TPSA) is 99.2 Å². The summed E-state index contributed by atoms with van der Waals surface area (Å²) >= 11 is 0. The van der Waals surface area contributed by atoms with E-state index >= 15 is 0 Å². The quantitative estimate of drug-likeness (QED) is 0.650. The maximum absolute atomic E-state index is 13.0. The van der Waals surface area contributed by atoms with Crippen LogP contribution in [0.1, 0.15) is 62.5 Å². The molecule has 1 aromatic carbocycles. The number of hydrogen-bond acceptors (Lipinski definition) is 5. The van der Waals surface area contributed by atoms with Crippen LogP contribution in [-0.4, -0.2) is 55.5 Å². The number of aliphatic imine (C=N–C) groups is 1. The molecule has 1 aromatic rings. The normalized spacial score (nSPS) is 23.9. The summed E-state index contributed by atoms with van der Waals surface area (Å²) < 4.78 is 27.4. The second kappa shape index (κ2) is 8.92. The fourth-order valence-electron chi connectivity index (χ4n) is 5.41. The molecule has 0 radical (unpaired) electrons. The van der Waals surface area contributed by atoms with E-state index in [1.807, 2.05) is 25.1 Å². The molecule has 0 aromatic heterocycles. The third-order valence-electron chi connectivity index (χ3n) is 7.74. The molecule has 0 bridgehead atoms. The van der Waals surface area contributed by atoms with Crippen molar-refractivity contribution in [1.82, 2.24) is 9.62 Å². The number of rotatable bonds is 5. The third-order valence-corrected chi connectivity index (χ3v) is 9.30. The van der Waals surface area contributed by atoms with Crippen molar-refractivity contribution in [3.05, 3.63) is 34.7 Å². The van der Waals surface area contributed by atoms with Gasteiger partial charge in [0.2, 0.25) is 15.9 Å². The number of carbonyl (C=O) groups is 2. The predicted molar refractivity (Wildman–Crippen MR) is 132 cm³/mol. The summed E-state index contributed by atoms with van der Waals surface area (Å²) in [6.07, 6.45) is 8.70. The first-order valence-electron chi connectivity index (χ1n) is 12.3.